The molecule has 0 saturated heterocycles. The predicted molar refractivity (Wildman–Crippen MR) is 63.8 cm³/mol. The summed E-state index contributed by atoms with van der Waals surface area (Å²) in [6.45, 7) is 0. The average molecular weight is 199 g/mol. The Balaban J connectivity index is 2.45. The summed E-state index contributed by atoms with van der Waals surface area (Å²) in [5.41, 5.74) is 4.78. The Morgan fingerprint density at radius 3 is 2.60 bits per heavy atom. The van der Waals surface area contributed by atoms with Gasteiger partial charge in [-0.1, -0.05) is 23.8 Å². The van der Waals surface area contributed by atoms with E-state index >= 15 is 0 Å². The maximum atomic E-state index is 2.30. The normalized spacial score (nSPS) is 18.0. The fraction of sp³-hybridized carbons (Fsp3) is 0.429. The lowest BCUT2D eigenvalue weighted by molar-refractivity contribution is 0.559. The topological polar surface area (TPSA) is 3.24 Å². The lowest BCUT2D eigenvalue weighted by Gasteiger charge is -2.21. The van der Waals surface area contributed by atoms with Gasteiger partial charge in [-0.3, -0.25) is 0 Å². The van der Waals surface area contributed by atoms with Gasteiger partial charge in [-0.2, -0.15) is 0 Å². The van der Waals surface area contributed by atoms with Crippen LogP contribution < -0.4 is 10.4 Å². The van der Waals surface area contributed by atoms with Gasteiger partial charge in [0.25, 0.3) is 0 Å². The molecule has 1 aromatic rings. The molecule has 0 amide bonds. The van der Waals surface area contributed by atoms with Crippen LogP contribution in [0.5, 0.6) is 0 Å². The first-order valence-corrected chi connectivity index (χ1v) is 5.78. The van der Waals surface area contributed by atoms with Gasteiger partial charge in [0.2, 0.25) is 0 Å². The second-order valence-electron chi connectivity index (χ2n) is 4.78. The summed E-state index contributed by atoms with van der Waals surface area (Å²) in [6, 6.07) is 6.80. The molecule has 0 saturated carbocycles. The number of aryl methyl sites for hydroxylation is 1. The molecule has 1 nitrogen and oxygen atoms in total. The van der Waals surface area contributed by atoms with Gasteiger partial charge in [0.05, 0.1) is 0 Å². The maximum Gasteiger partial charge on any atom is 0.0210 e. The van der Waals surface area contributed by atoms with Crippen molar-refractivity contribution in [3.8, 4) is 0 Å². The molecule has 0 bridgehead atoms. The van der Waals surface area contributed by atoms with Crippen LogP contribution in [-0.4, -0.2) is 19.0 Å². The van der Waals surface area contributed by atoms with Crippen LogP contribution in [0.2, 0.25) is 0 Å². The Labute approximate surface area is 90.7 Å². The lowest BCUT2D eigenvalue weighted by Crippen LogP contribution is -2.36. The lowest BCUT2D eigenvalue weighted by atomic mass is 9.98. The van der Waals surface area contributed by atoms with Crippen LogP contribution >= 0.6 is 0 Å². The van der Waals surface area contributed by atoms with Crippen molar-refractivity contribution in [2.45, 2.75) is 25.7 Å². The van der Waals surface area contributed by atoms with Crippen molar-refractivity contribution in [3.63, 3.8) is 0 Å². The van der Waals surface area contributed by atoms with E-state index in [1.807, 2.05) is 0 Å². The summed E-state index contributed by atoms with van der Waals surface area (Å²) in [6.07, 6.45) is 5.06. The van der Waals surface area contributed by atoms with Gasteiger partial charge in [-0.05, 0) is 36.5 Å². The van der Waals surface area contributed by atoms with E-state index in [1.54, 1.807) is 16.4 Å². The third-order valence-electron chi connectivity index (χ3n) is 3.71. The van der Waals surface area contributed by atoms with Gasteiger partial charge in [-0.15, -0.1) is 0 Å². The first-order valence-electron chi connectivity index (χ1n) is 5.78. The molecule has 2 aliphatic carbocycles. The van der Waals surface area contributed by atoms with Crippen LogP contribution in [0.25, 0.3) is 11.3 Å². The van der Waals surface area contributed by atoms with E-state index in [1.165, 1.54) is 36.6 Å². The van der Waals surface area contributed by atoms with E-state index in [2.05, 4.69) is 37.2 Å². The minimum absolute atomic E-state index is 1.22. The third-order valence-corrected chi connectivity index (χ3v) is 3.71. The molecule has 0 fully saturated rings. The van der Waals surface area contributed by atoms with E-state index < -0.39 is 0 Å². The molecule has 3 rings (SSSR count). The second kappa shape index (κ2) is 3.13. The van der Waals surface area contributed by atoms with Gasteiger partial charge >= 0.3 is 0 Å². The van der Waals surface area contributed by atoms with Crippen molar-refractivity contribution in [3.05, 3.63) is 34.2 Å². The zero-order chi connectivity index (χ0) is 10.4. The summed E-state index contributed by atoms with van der Waals surface area (Å²) >= 11 is 0. The molecule has 0 spiro atoms. The predicted octanol–water partition coefficient (Wildman–Crippen LogP) is 1.25. The summed E-state index contributed by atoms with van der Waals surface area (Å²) in [5, 5.41) is 3.09. The molecule has 0 atom stereocenters. The molecule has 1 heteroatoms. The maximum absolute atomic E-state index is 2.30. The van der Waals surface area contributed by atoms with Crippen molar-refractivity contribution in [1.29, 1.82) is 0 Å². The van der Waals surface area contributed by atoms with Crippen LogP contribution in [-0.2, 0) is 6.42 Å². The molecule has 15 heavy (non-hydrogen) atoms. The Hall–Kier alpha value is -1.24. The number of benzene rings is 1. The summed E-state index contributed by atoms with van der Waals surface area (Å²) in [5.74, 6) is 0. The van der Waals surface area contributed by atoms with Crippen LogP contribution in [0.3, 0.4) is 0 Å². The van der Waals surface area contributed by atoms with E-state index in [0.717, 1.165) is 0 Å². The highest BCUT2D eigenvalue weighted by atomic mass is 15.1. The average Bonchev–Trinajstić information content (AvgIpc) is 2.64. The van der Waals surface area contributed by atoms with Gasteiger partial charge < -0.3 is 4.90 Å². The molecular formula is C14H17N. The Kier molecular flexibility index (Phi) is 1.88. The van der Waals surface area contributed by atoms with Crippen molar-refractivity contribution in [1.82, 2.24) is 4.90 Å². The highest BCUT2D eigenvalue weighted by Gasteiger charge is 2.18. The highest BCUT2D eigenvalue weighted by molar-refractivity contribution is 5.61. The van der Waals surface area contributed by atoms with Gasteiger partial charge in [-0.25, -0.2) is 0 Å². The Bertz CT molecular complexity index is 523. The molecule has 0 radical (unpaired) electrons. The molecule has 0 heterocycles. The van der Waals surface area contributed by atoms with Crippen molar-refractivity contribution >= 4 is 11.3 Å². The summed E-state index contributed by atoms with van der Waals surface area (Å²) in [7, 11) is 4.32. The number of rotatable bonds is 1. The first-order chi connectivity index (χ1) is 7.27. The molecule has 0 N–H and O–H groups in total. The summed E-state index contributed by atoms with van der Waals surface area (Å²) < 4.78 is 0. The van der Waals surface area contributed by atoms with Crippen molar-refractivity contribution < 1.29 is 0 Å². The molecule has 1 aromatic carbocycles. The molecule has 0 aromatic heterocycles. The van der Waals surface area contributed by atoms with Crippen LogP contribution in [0.15, 0.2) is 18.2 Å². The largest absolute Gasteiger partial charge is 0.380 e. The fourth-order valence-electron chi connectivity index (χ4n) is 3.00. The van der Waals surface area contributed by atoms with E-state index in [4.69, 9.17) is 0 Å². The monoisotopic (exact) mass is 199 g/mol. The molecule has 2 aliphatic rings. The van der Waals surface area contributed by atoms with Crippen LogP contribution in [0, 0.1) is 0 Å². The van der Waals surface area contributed by atoms with Gasteiger partial charge in [0.15, 0.2) is 0 Å². The smallest absolute Gasteiger partial charge is 0.0210 e. The number of hydrogen-bond acceptors (Lipinski definition) is 1. The third kappa shape index (κ3) is 1.22. The zero-order valence-corrected chi connectivity index (χ0v) is 9.51. The fourth-order valence-corrected chi connectivity index (χ4v) is 3.00. The minimum Gasteiger partial charge on any atom is -0.380 e. The van der Waals surface area contributed by atoms with Gasteiger partial charge in [0.1, 0.15) is 0 Å². The number of hydrogen-bond donors (Lipinski definition) is 0. The van der Waals surface area contributed by atoms with Gasteiger partial charge in [0, 0.05) is 25.0 Å². The SMILES string of the molecule is CN(C)C1=c2cccc3c2=C(CC1)CC3. The van der Waals surface area contributed by atoms with Crippen molar-refractivity contribution in [2.75, 3.05) is 14.1 Å². The van der Waals surface area contributed by atoms with E-state index in [9.17, 15) is 0 Å². The van der Waals surface area contributed by atoms with E-state index in [0.29, 0.717) is 0 Å². The molecular weight excluding hydrogens is 182 g/mol. The molecule has 0 aliphatic heterocycles. The highest BCUT2D eigenvalue weighted by Crippen LogP contribution is 2.24. The Morgan fingerprint density at radius 2 is 1.80 bits per heavy atom. The minimum atomic E-state index is 1.22. The van der Waals surface area contributed by atoms with Crippen LogP contribution in [0.4, 0.5) is 0 Å². The Morgan fingerprint density at radius 1 is 1.00 bits per heavy atom. The summed E-state index contributed by atoms with van der Waals surface area (Å²) in [4.78, 5) is 2.28. The molecule has 78 valence electrons. The van der Waals surface area contributed by atoms with Crippen molar-refractivity contribution in [2.24, 2.45) is 0 Å². The standard InChI is InChI=1S/C14H17N/c1-15(2)13-9-8-11-7-6-10-4-3-5-12(13)14(10)11/h3-5H,6-9H2,1-2H3. The van der Waals surface area contributed by atoms with E-state index in [-0.39, 0.29) is 0 Å². The quantitative estimate of drug-likeness (QED) is 0.658. The number of nitrogens with zero attached hydrogens (tertiary/aromatic N) is 1. The molecule has 0 unspecified atom stereocenters. The zero-order valence-electron chi connectivity index (χ0n) is 9.51. The first kappa shape index (κ1) is 9.02. The second-order valence-corrected chi connectivity index (χ2v) is 4.78. The van der Waals surface area contributed by atoms with Crippen LogP contribution in [0.1, 0.15) is 24.8 Å².